The lowest BCUT2D eigenvalue weighted by Crippen LogP contribution is -2.24. The molecule has 0 amide bonds. The maximum absolute atomic E-state index is 6.24. The summed E-state index contributed by atoms with van der Waals surface area (Å²) in [6.07, 6.45) is 1.01. The van der Waals surface area contributed by atoms with Crippen molar-refractivity contribution in [2.24, 2.45) is 0 Å². The van der Waals surface area contributed by atoms with Crippen molar-refractivity contribution in [3.63, 3.8) is 0 Å². The van der Waals surface area contributed by atoms with E-state index in [4.69, 9.17) is 16.3 Å². The fourth-order valence-electron chi connectivity index (χ4n) is 2.08. The molecule has 0 spiro atoms. The van der Waals surface area contributed by atoms with Crippen LogP contribution in [0.2, 0.25) is 5.02 Å². The Bertz CT molecular complexity index is 394. The van der Waals surface area contributed by atoms with Crippen LogP contribution in [0.15, 0.2) is 12.1 Å². The van der Waals surface area contributed by atoms with Gasteiger partial charge in [-0.15, -0.1) is 0 Å². The maximum atomic E-state index is 6.24. The zero-order valence-electron chi connectivity index (χ0n) is 11.9. The standard InChI is InChI=1S/C14H23ClN2O/c1-10-8-14(18-5)11(9-12(10)15)13(17(3)4)6-7-16-2/h8-9,13,16H,6-7H2,1-5H3. The van der Waals surface area contributed by atoms with Crippen LogP contribution in [-0.4, -0.2) is 39.7 Å². The topological polar surface area (TPSA) is 24.5 Å². The van der Waals surface area contributed by atoms with Crippen molar-refractivity contribution in [3.8, 4) is 5.75 Å². The Balaban J connectivity index is 3.13. The molecule has 1 N–H and O–H groups in total. The number of benzene rings is 1. The molecular formula is C14H23ClN2O. The molecule has 4 heteroatoms. The van der Waals surface area contributed by atoms with Crippen molar-refractivity contribution < 1.29 is 4.74 Å². The largest absolute Gasteiger partial charge is 0.496 e. The van der Waals surface area contributed by atoms with Crippen LogP contribution >= 0.6 is 11.6 Å². The van der Waals surface area contributed by atoms with E-state index in [2.05, 4.69) is 24.3 Å². The van der Waals surface area contributed by atoms with E-state index in [1.807, 2.05) is 26.1 Å². The van der Waals surface area contributed by atoms with Gasteiger partial charge in [-0.2, -0.15) is 0 Å². The molecule has 0 aromatic heterocycles. The fourth-order valence-corrected chi connectivity index (χ4v) is 2.25. The molecule has 102 valence electrons. The monoisotopic (exact) mass is 270 g/mol. The molecule has 1 aromatic rings. The Kier molecular flexibility index (Phi) is 5.93. The number of rotatable bonds is 6. The highest BCUT2D eigenvalue weighted by Gasteiger charge is 2.19. The minimum absolute atomic E-state index is 0.297. The number of nitrogens with one attached hydrogen (secondary N) is 1. The Morgan fingerprint density at radius 3 is 2.56 bits per heavy atom. The average molecular weight is 271 g/mol. The van der Waals surface area contributed by atoms with Gasteiger partial charge in [-0.05, 0) is 58.7 Å². The quantitative estimate of drug-likeness (QED) is 0.860. The van der Waals surface area contributed by atoms with Gasteiger partial charge >= 0.3 is 0 Å². The minimum Gasteiger partial charge on any atom is -0.496 e. The molecule has 18 heavy (non-hydrogen) atoms. The van der Waals surface area contributed by atoms with Crippen molar-refractivity contribution in [3.05, 3.63) is 28.3 Å². The molecule has 0 aliphatic carbocycles. The smallest absolute Gasteiger partial charge is 0.124 e. The van der Waals surface area contributed by atoms with E-state index < -0.39 is 0 Å². The first-order valence-electron chi connectivity index (χ1n) is 6.16. The summed E-state index contributed by atoms with van der Waals surface area (Å²) in [6.45, 7) is 2.95. The first kappa shape index (κ1) is 15.3. The Morgan fingerprint density at radius 2 is 2.06 bits per heavy atom. The molecule has 0 heterocycles. The number of aryl methyl sites for hydroxylation is 1. The summed E-state index contributed by atoms with van der Waals surface area (Å²) >= 11 is 6.24. The molecule has 1 rings (SSSR count). The summed E-state index contributed by atoms with van der Waals surface area (Å²) in [7, 11) is 7.82. The van der Waals surface area contributed by atoms with E-state index >= 15 is 0 Å². The molecule has 0 fully saturated rings. The van der Waals surface area contributed by atoms with Gasteiger partial charge in [0.25, 0.3) is 0 Å². The Labute approximate surface area is 115 Å². The van der Waals surface area contributed by atoms with Crippen LogP contribution in [0.5, 0.6) is 5.75 Å². The zero-order valence-corrected chi connectivity index (χ0v) is 12.6. The van der Waals surface area contributed by atoms with Gasteiger partial charge in [0.2, 0.25) is 0 Å². The second-order valence-corrected chi connectivity index (χ2v) is 5.12. The maximum Gasteiger partial charge on any atom is 0.124 e. The summed E-state index contributed by atoms with van der Waals surface area (Å²) in [5.74, 6) is 0.909. The summed E-state index contributed by atoms with van der Waals surface area (Å²) < 4.78 is 5.49. The predicted octanol–water partition coefficient (Wildman–Crippen LogP) is 2.87. The molecule has 0 aliphatic rings. The average Bonchev–Trinajstić information content (AvgIpc) is 2.33. The zero-order chi connectivity index (χ0) is 13.7. The minimum atomic E-state index is 0.297. The molecule has 0 bridgehead atoms. The van der Waals surface area contributed by atoms with Crippen LogP contribution in [0.1, 0.15) is 23.6 Å². The number of hydrogen-bond donors (Lipinski definition) is 1. The van der Waals surface area contributed by atoms with E-state index in [9.17, 15) is 0 Å². The molecule has 1 atom stereocenters. The van der Waals surface area contributed by atoms with E-state index in [0.717, 1.165) is 34.9 Å². The van der Waals surface area contributed by atoms with Gasteiger partial charge in [-0.25, -0.2) is 0 Å². The molecule has 0 aliphatic heterocycles. The van der Waals surface area contributed by atoms with Crippen LogP contribution in [0.3, 0.4) is 0 Å². The Morgan fingerprint density at radius 1 is 1.39 bits per heavy atom. The van der Waals surface area contributed by atoms with Gasteiger partial charge in [0, 0.05) is 16.6 Å². The van der Waals surface area contributed by atoms with E-state index in [-0.39, 0.29) is 0 Å². The highest BCUT2D eigenvalue weighted by Crippen LogP contribution is 2.34. The van der Waals surface area contributed by atoms with Crippen LogP contribution in [0.25, 0.3) is 0 Å². The SMILES string of the molecule is CNCCC(c1cc(Cl)c(C)cc1OC)N(C)C. The van der Waals surface area contributed by atoms with E-state index in [1.165, 1.54) is 0 Å². The first-order chi connectivity index (χ1) is 8.51. The van der Waals surface area contributed by atoms with E-state index in [1.54, 1.807) is 7.11 Å². The van der Waals surface area contributed by atoms with Gasteiger partial charge < -0.3 is 15.0 Å². The molecule has 1 aromatic carbocycles. The molecule has 3 nitrogen and oxygen atoms in total. The fraction of sp³-hybridized carbons (Fsp3) is 0.571. The highest BCUT2D eigenvalue weighted by atomic mass is 35.5. The number of methoxy groups -OCH3 is 1. The number of hydrogen-bond acceptors (Lipinski definition) is 3. The second-order valence-electron chi connectivity index (χ2n) is 4.71. The summed E-state index contributed by atoms with van der Waals surface area (Å²) in [5.41, 5.74) is 2.19. The van der Waals surface area contributed by atoms with Crippen LogP contribution in [-0.2, 0) is 0 Å². The molecule has 0 saturated carbocycles. The van der Waals surface area contributed by atoms with Crippen molar-refractivity contribution in [2.75, 3.05) is 34.8 Å². The van der Waals surface area contributed by atoms with Crippen molar-refractivity contribution >= 4 is 11.6 Å². The molecular weight excluding hydrogens is 248 g/mol. The lowest BCUT2D eigenvalue weighted by molar-refractivity contribution is 0.273. The van der Waals surface area contributed by atoms with E-state index in [0.29, 0.717) is 6.04 Å². The van der Waals surface area contributed by atoms with Crippen LogP contribution < -0.4 is 10.1 Å². The molecule has 0 saturated heterocycles. The van der Waals surface area contributed by atoms with Crippen molar-refractivity contribution in [2.45, 2.75) is 19.4 Å². The third kappa shape index (κ3) is 3.61. The Hall–Kier alpha value is -0.770. The lowest BCUT2D eigenvalue weighted by Gasteiger charge is -2.27. The van der Waals surface area contributed by atoms with Crippen LogP contribution in [0.4, 0.5) is 0 Å². The van der Waals surface area contributed by atoms with Crippen LogP contribution in [0, 0.1) is 6.92 Å². The summed E-state index contributed by atoms with van der Waals surface area (Å²) in [6, 6.07) is 4.33. The predicted molar refractivity (Wildman–Crippen MR) is 77.7 cm³/mol. The third-order valence-electron chi connectivity index (χ3n) is 3.16. The molecule has 0 radical (unpaired) electrons. The van der Waals surface area contributed by atoms with Gasteiger partial charge in [0.15, 0.2) is 0 Å². The van der Waals surface area contributed by atoms with Crippen molar-refractivity contribution in [1.82, 2.24) is 10.2 Å². The van der Waals surface area contributed by atoms with Gasteiger partial charge in [-0.3, -0.25) is 0 Å². The number of nitrogens with zero attached hydrogens (tertiary/aromatic N) is 1. The van der Waals surface area contributed by atoms with Gasteiger partial charge in [-0.1, -0.05) is 11.6 Å². The highest BCUT2D eigenvalue weighted by molar-refractivity contribution is 6.31. The number of halogens is 1. The summed E-state index contributed by atoms with van der Waals surface area (Å²) in [5, 5.41) is 3.98. The first-order valence-corrected chi connectivity index (χ1v) is 6.54. The summed E-state index contributed by atoms with van der Waals surface area (Å²) in [4.78, 5) is 2.20. The normalized spacial score (nSPS) is 12.8. The second kappa shape index (κ2) is 6.98. The lowest BCUT2D eigenvalue weighted by atomic mass is 10.00. The van der Waals surface area contributed by atoms with Gasteiger partial charge in [0.1, 0.15) is 5.75 Å². The van der Waals surface area contributed by atoms with Crippen molar-refractivity contribution in [1.29, 1.82) is 0 Å². The third-order valence-corrected chi connectivity index (χ3v) is 3.57. The molecule has 1 unspecified atom stereocenters. The number of ether oxygens (including phenoxy) is 1. The van der Waals surface area contributed by atoms with Gasteiger partial charge in [0.05, 0.1) is 7.11 Å².